The standard InChI is InChI=1S/4C8H10N2O5.Pt/c4*9-6-4(2-1-3-5(6)11)8(14,15-10)7(12)13;/h4*1-3,11,14H,9-10H2,(H,12,13);/q;;;;+4/p-4. The van der Waals surface area contributed by atoms with Crippen LogP contribution in [0.5, 0.6) is 23.0 Å². The molecule has 0 aliphatic carbocycles. The van der Waals surface area contributed by atoms with Crippen molar-refractivity contribution in [2.75, 3.05) is 22.9 Å². The van der Waals surface area contributed by atoms with Gasteiger partial charge in [0.1, 0.15) is 46.9 Å². The summed E-state index contributed by atoms with van der Waals surface area (Å²) < 4.78 is 0. The normalized spacial score (nSPS) is 14.3. The summed E-state index contributed by atoms with van der Waals surface area (Å²) in [4.78, 5) is 58.1. The smallest absolute Gasteiger partial charge is 0.544 e. The van der Waals surface area contributed by atoms with Crippen LogP contribution >= 0.6 is 0 Å². The molecule has 0 heterocycles. The average molecular weight is 1050 g/mol. The number of carboxylic acid groups (broad SMARTS) is 4. The zero-order chi connectivity index (χ0) is 46.6. The first-order valence-corrected chi connectivity index (χ1v) is 15.3. The number of nitrogen functional groups attached to an aromatic ring is 4. The fourth-order valence-corrected chi connectivity index (χ4v) is 4.28. The average Bonchev–Trinajstić information content (AvgIpc) is 3.21. The molecular weight excluding hydrogens is 1010 g/mol. The molecule has 4 rings (SSSR count). The second-order valence-electron chi connectivity index (χ2n) is 11.2. The van der Waals surface area contributed by atoms with E-state index in [1.54, 1.807) is 0 Å². The van der Waals surface area contributed by atoms with Gasteiger partial charge in [0.25, 0.3) is 23.1 Å². The van der Waals surface area contributed by atoms with Crippen LogP contribution in [-0.4, -0.2) is 64.7 Å². The summed E-state index contributed by atoms with van der Waals surface area (Å²) in [6, 6.07) is 14.5. The summed E-state index contributed by atoms with van der Waals surface area (Å²) in [5.74, 6) is -2.47. The summed E-state index contributed by atoms with van der Waals surface area (Å²) in [6.45, 7) is 0. The first kappa shape index (κ1) is 54.4. The van der Waals surface area contributed by atoms with Crippen molar-refractivity contribution in [3.05, 3.63) is 95.1 Å². The number of benzene rings is 4. The van der Waals surface area contributed by atoms with Crippen molar-refractivity contribution in [1.82, 2.24) is 0 Å². The van der Waals surface area contributed by atoms with Crippen molar-refractivity contribution < 1.29 is 121 Å². The molecule has 0 bridgehead atoms. The van der Waals surface area contributed by atoms with Crippen LogP contribution in [0.4, 0.5) is 22.7 Å². The number of carbonyl (C=O) groups excluding carboxylic acids is 4. The first-order chi connectivity index (χ1) is 27.7. The third kappa shape index (κ3) is 11.8. The van der Waals surface area contributed by atoms with Crippen LogP contribution < -0.4 is 66.9 Å². The van der Waals surface area contributed by atoms with Crippen LogP contribution in [0.2, 0.25) is 0 Å². The Morgan fingerprint density at radius 3 is 0.656 bits per heavy atom. The van der Waals surface area contributed by atoms with Gasteiger partial charge in [-0.2, -0.15) is 0 Å². The molecule has 0 radical (unpaired) electrons. The van der Waals surface area contributed by atoms with Gasteiger partial charge >= 0.3 is 21.1 Å². The number of aromatic hydroxyl groups is 4. The molecule has 4 atom stereocenters. The van der Waals surface area contributed by atoms with E-state index in [-0.39, 0.29) is 43.8 Å². The number of anilines is 4. The third-order valence-electron chi connectivity index (χ3n) is 7.58. The van der Waals surface area contributed by atoms with Crippen LogP contribution in [0, 0.1) is 0 Å². The van der Waals surface area contributed by atoms with Crippen molar-refractivity contribution in [3.63, 3.8) is 0 Å². The van der Waals surface area contributed by atoms with E-state index < -0.39 is 92.3 Å². The minimum atomic E-state index is -2.89. The van der Waals surface area contributed by atoms with Crippen molar-refractivity contribution in [2.45, 2.75) is 23.1 Å². The maximum absolute atomic E-state index is 10.6. The second-order valence-corrected chi connectivity index (χ2v) is 11.2. The van der Waals surface area contributed by atoms with E-state index in [1.807, 2.05) is 0 Å². The second kappa shape index (κ2) is 22.1. The fraction of sp³-hybridized carbons (Fsp3) is 0.125. The van der Waals surface area contributed by atoms with Crippen molar-refractivity contribution >= 4 is 46.6 Å². The fourth-order valence-electron chi connectivity index (χ4n) is 4.28. The Morgan fingerprint density at radius 1 is 0.393 bits per heavy atom. The molecule has 0 saturated carbocycles. The Kier molecular flexibility index (Phi) is 19.7. The maximum atomic E-state index is 10.6. The van der Waals surface area contributed by atoms with Gasteiger partial charge < -0.3 is 103 Å². The van der Waals surface area contributed by atoms with Crippen LogP contribution in [0.1, 0.15) is 22.3 Å². The number of carboxylic acids is 4. The number of hydrogen-bond acceptors (Lipinski definition) is 28. The number of aliphatic hydroxyl groups is 4. The van der Waals surface area contributed by atoms with Crippen LogP contribution in [0.25, 0.3) is 0 Å². The number of para-hydroxylation sites is 4. The quantitative estimate of drug-likeness (QED) is 0.0271. The van der Waals surface area contributed by atoms with Gasteiger partial charge in [-0.05, 0) is 24.3 Å². The van der Waals surface area contributed by atoms with E-state index in [1.165, 1.54) is 48.5 Å². The molecule has 24 N–H and O–H groups in total. The summed E-state index contributed by atoms with van der Waals surface area (Å²) in [6.07, 6.45) is 0. The van der Waals surface area contributed by atoms with Gasteiger partial charge in [-0.25, -0.2) is 23.6 Å². The number of nitrogens with two attached hydrogens (primary N) is 8. The molecule has 0 saturated heterocycles. The van der Waals surface area contributed by atoms with Gasteiger partial charge in [0.15, 0.2) is 0 Å². The minimum Gasteiger partial charge on any atom is -0.544 e. The minimum absolute atomic E-state index is 0. The Bertz CT molecular complexity index is 1890. The van der Waals surface area contributed by atoms with Crippen LogP contribution in [0.3, 0.4) is 0 Å². The predicted octanol–water partition coefficient (Wildman–Crippen LogP) is -8.96. The van der Waals surface area contributed by atoms with E-state index in [2.05, 4.69) is 42.9 Å². The van der Waals surface area contributed by atoms with Crippen molar-refractivity contribution in [3.8, 4) is 23.0 Å². The van der Waals surface area contributed by atoms with Crippen molar-refractivity contribution in [1.29, 1.82) is 0 Å². The number of hydrogen-bond donors (Lipinski definition) is 16. The van der Waals surface area contributed by atoms with Gasteiger partial charge in [0, 0.05) is 22.3 Å². The zero-order valence-electron chi connectivity index (χ0n) is 30.3. The van der Waals surface area contributed by atoms with Gasteiger partial charge in [0.05, 0.1) is 22.7 Å². The molecule has 61 heavy (non-hydrogen) atoms. The molecule has 0 aliphatic heterocycles. The number of phenols is 4. The summed E-state index contributed by atoms with van der Waals surface area (Å²) in [5, 5.41) is 117. The van der Waals surface area contributed by atoms with E-state index in [4.69, 9.17) is 22.9 Å². The molecule has 29 heteroatoms. The largest absolute Gasteiger partial charge is 4.00 e. The Hall–Kier alpha value is -6.63. The molecule has 334 valence electrons. The Labute approximate surface area is 354 Å². The Balaban J connectivity index is 0.000000783. The van der Waals surface area contributed by atoms with Gasteiger partial charge in [-0.15, -0.1) is 0 Å². The SMILES string of the molecule is NOC(O)(C(=O)[O-])c1cccc(O)c1N.NOC(O)(C(=O)[O-])c1cccc(O)c1N.NOC(O)(C(=O)[O-])c1cccc(O)c1N.NOC(O)(C(=O)[O-])c1cccc(O)c1N.[Pt+4]. The van der Waals surface area contributed by atoms with E-state index >= 15 is 0 Å². The summed E-state index contributed by atoms with van der Waals surface area (Å²) in [7, 11) is 0. The van der Waals surface area contributed by atoms with E-state index in [0.29, 0.717) is 0 Å². The number of phenolic OH excluding ortho intramolecular Hbond substituents is 4. The summed E-state index contributed by atoms with van der Waals surface area (Å²) in [5.41, 5.74) is 18.4. The molecule has 0 amide bonds. The summed E-state index contributed by atoms with van der Waals surface area (Å²) >= 11 is 0. The molecule has 0 aliphatic rings. The topological polar surface area (TPSA) is 567 Å². The van der Waals surface area contributed by atoms with Gasteiger partial charge in [-0.3, -0.25) is 19.4 Å². The molecular formula is C32H36N8O20Pt. The molecule has 28 nitrogen and oxygen atoms in total. The third-order valence-corrected chi connectivity index (χ3v) is 7.58. The molecule has 0 fully saturated rings. The molecule has 4 aromatic carbocycles. The molecule has 0 aromatic heterocycles. The molecule has 4 unspecified atom stereocenters. The maximum Gasteiger partial charge on any atom is 4.00 e. The predicted molar refractivity (Wildman–Crippen MR) is 187 cm³/mol. The number of carbonyl (C=O) groups is 4. The van der Waals surface area contributed by atoms with Gasteiger partial charge in [-0.1, -0.05) is 48.5 Å². The molecule has 4 aromatic rings. The monoisotopic (exact) mass is 1050 g/mol. The van der Waals surface area contributed by atoms with Gasteiger partial charge in [0.2, 0.25) is 0 Å². The first-order valence-electron chi connectivity index (χ1n) is 15.3. The number of rotatable bonds is 12. The van der Waals surface area contributed by atoms with E-state index in [9.17, 15) is 80.5 Å². The van der Waals surface area contributed by atoms with Crippen LogP contribution in [0.15, 0.2) is 72.8 Å². The Morgan fingerprint density at radius 2 is 0.541 bits per heavy atom. The van der Waals surface area contributed by atoms with Crippen LogP contribution in [-0.2, 0) is 82.7 Å². The zero-order valence-corrected chi connectivity index (χ0v) is 32.6. The van der Waals surface area contributed by atoms with Crippen molar-refractivity contribution in [2.24, 2.45) is 23.6 Å². The number of aliphatic carboxylic acids is 4. The van der Waals surface area contributed by atoms with E-state index in [0.717, 1.165) is 24.3 Å². The molecule has 0 spiro atoms.